The third-order valence-corrected chi connectivity index (χ3v) is 5.47. The van der Waals surface area contributed by atoms with E-state index in [1.807, 2.05) is 59.5 Å². The Bertz CT molecular complexity index is 1180. The summed E-state index contributed by atoms with van der Waals surface area (Å²) in [6.07, 6.45) is 5.89. The van der Waals surface area contributed by atoms with Crippen molar-refractivity contribution < 1.29 is 14.1 Å². The Balaban J connectivity index is 1.28. The molecule has 5 rings (SSSR count). The van der Waals surface area contributed by atoms with Gasteiger partial charge in [0.15, 0.2) is 11.5 Å². The lowest BCUT2D eigenvalue weighted by atomic mass is 10.1. The third kappa shape index (κ3) is 4.58. The van der Waals surface area contributed by atoms with Crippen molar-refractivity contribution in [3.63, 3.8) is 0 Å². The van der Waals surface area contributed by atoms with Crippen LogP contribution in [0.25, 0.3) is 10.8 Å². The number of amides is 1. The fraction of sp³-hybridized carbons (Fsp3) is 0.240. The van der Waals surface area contributed by atoms with Crippen LogP contribution in [0.2, 0.25) is 0 Å². The van der Waals surface area contributed by atoms with E-state index in [0.29, 0.717) is 23.9 Å². The van der Waals surface area contributed by atoms with Gasteiger partial charge < -0.3 is 14.2 Å². The molecule has 1 fully saturated rings. The molecule has 0 unspecified atom stereocenters. The Morgan fingerprint density at radius 3 is 2.81 bits per heavy atom. The number of ether oxygens (including phenoxy) is 1. The van der Waals surface area contributed by atoms with Crippen LogP contribution in [0.15, 0.2) is 77.6 Å². The summed E-state index contributed by atoms with van der Waals surface area (Å²) in [5.41, 5.74) is 1.42. The number of nitrogens with zero attached hydrogens (tertiary/aromatic N) is 3. The first-order chi connectivity index (χ1) is 15.3. The van der Waals surface area contributed by atoms with Gasteiger partial charge >= 0.3 is 0 Å². The van der Waals surface area contributed by atoms with Gasteiger partial charge in [-0.2, -0.15) is 0 Å². The molecule has 2 aromatic carbocycles. The normalized spacial score (nSPS) is 13.3. The molecule has 0 saturated heterocycles. The molecule has 1 saturated carbocycles. The van der Waals surface area contributed by atoms with Crippen molar-refractivity contribution in [3.8, 4) is 5.75 Å². The Morgan fingerprint density at radius 2 is 1.97 bits per heavy atom. The van der Waals surface area contributed by atoms with Crippen molar-refractivity contribution in [1.82, 2.24) is 15.0 Å². The maximum Gasteiger partial charge on any atom is 0.276 e. The van der Waals surface area contributed by atoms with Crippen molar-refractivity contribution >= 4 is 16.7 Å². The number of rotatable bonds is 8. The van der Waals surface area contributed by atoms with Gasteiger partial charge in [-0.05, 0) is 36.5 Å². The average Bonchev–Trinajstić information content (AvgIpc) is 3.51. The minimum absolute atomic E-state index is 0.109. The van der Waals surface area contributed by atoms with E-state index in [1.165, 1.54) is 12.8 Å². The summed E-state index contributed by atoms with van der Waals surface area (Å²) in [7, 11) is 0. The van der Waals surface area contributed by atoms with E-state index in [1.54, 1.807) is 18.5 Å². The van der Waals surface area contributed by atoms with Crippen molar-refractivity contribution in [1.29, 1.82) is 0 Å². The summed E-state index contributed by atoms with van der Waals surface area (Å²) < 4.78 is 11.3. The highest BCUT2D eigenvalue weighted by atomic mass is 16.5. The molecule has 156 valence electrons. The van der Waals surface area contributed by atoms with Crippen LogP contribution in [-0.4, -0.2) is 27.5 Å². The van der Waals surface area contributed by atoms with Crippen molar-refractivity contribution in [2.24, 2.45) is 5.92 Å². The number of benzene rings is 2. The Hall–Kier alpha value is -3.67. The molecule has 6 heteroatoms. The number of carbonyl (C=O) groups excluding carboxylic acids is 1. The van der Waals surface area contributed by atoms with E-state index in [0.717, 1.165) is 28.6 Å². The van der Waals surface area contributed by atoms with Gasteiger partial charge in [-0.1, -0.05) is 47.6 Å². The van der Waals surface area contributed by atoms with Crippen LogP contribution in [0.4, 0.5) is 0 Å². The second-order valence-corrected chi connectivity index (χ2v) is 7.93. The van der Waals surface area contributed by atoms with E-state index in [4.69, 9.17) is 9.26 Å². The van der Waals surface area contributed by atoms with Crippen molar-refractivity contribution in [2.45, 2.75) is 26.0 Å². The predicted octanol–water partition coefficient (Wildman–Crippen LogP) is 4.85. The summed E-state index contributed by atoms with van der Waals surface area (Å²) in [4.78, 5) is 19.1. The molecule has 6 nitrogen and oxygen atoms in total. The molecule has 1 aliphatic rings. The zero-order valence-corrected chi connectivity index (χ0v) is 17.1. The Labute approximate surface area is 180 Å². The quantitative estimate of drug-likeness (QED) is 0.413. The van der Waals surface area contributed by atoms with Gasteiger partial charge in [-0.15, -0.1) is 0 Å². The molecular formula is C25H23N3O3. The number of hydrogen-bond acceptors (Lipinski definition) is 5. The number of hydrogen-bond donors (Lipinski definition) is 0. The highest BCUT2D eigenvalue weighted by Gasteiger charge is 2.28. The van der Waals surface area contributed by atoms with Crippen LogP contribution in [0.1, 0.15) is 34.7 Å². The van der Waals surface area contributed by atoms with E-state index in [2.05, 4.69) is 10.1 Å². The molecule has 2 aromatic heterocycles. The number of fused-ring (bicyclic) bond motifs is 1. The van der Waals surface area contributed by atoms with Gasteiger partial charge in [0.05, 0.1) is 0 Å². The van der Waals surface area contributed by atoms with E-state index in [9.17, 15) is 4.79 Å². The van der Waals surface area contributed by atoms with E-state index < -0.39 is 0 Å². The van der Waals surface area contributed by atoms with E-state index >= 15 is 0 Å². The molecule has 31 heavy (non-hydrogen) atoms. The monoisotopic (exact) mass is 413 g/mol. The topological polar surface area (TPSA) is 68.5 Å². The Kier molecular flexibility index (Phi) is 5.35. The average molecular weight is 413 g/mol. The number of aromatic nitrogens is 2. The number of pyridine rings is 1. The van der Waals surface area contributed by atoms with E-state index in [-0.39, 0.29) is 12.5 Å². The zero-order chi connectivity index (χ0) is 21.0. The third-order valence-electron chi connectivity index (χ3n) is 5.47. The smallest absolute Gasteiger partial charge is 0.276 e. The fourth-order valence-corrected chi connectivity index (χ4v) is 3.65. The van der Waals surface area contributed by atoms with Gasteiger partial charge in [0.2, 0.25) is 0 Å². The van der Waals surface area contributed by atoms with Crippen LogP contribution in [0.3, 0.4) is 0 Å². The Morgan fingerprint density at radius 1 is 1.10 bits per heavy atom. The van der Waals surface area contributed by atoms with Crippen LogP contribution >= 0.6 is 0 Å². The second kappa shape index (κ2) is 8.60. The van der Waals surface area contributed by atoms with Gasteiger partial charge in [-0.25, -0.2) is 0 Å². The minimum Gasteiger partial charge on any atom is -0.485 e. The molecule has 0 N–H and O–H groups in total. The van der Waals surface area contributed by atoms with Crippen molar-refractivity contribution in [3.05, 3.63) is 90.1 Å². The molecule has 0 spiro atoms. The second-order valence-electron chi connectivity index (χ2n) is 7.93. The first-order valence-electron chi connectivity index (χ1n) is 10.5. The molecular weight excluding hydrogens is 390 g/mol. The lowest BCUT2D eigenvalue weighted by molar-refractivity contribution is 0.0724. The van der Waals surface area contributed by atoms with Gasteiger partial charge in [0, 0.05) is 42.3 Å². The highest BCUT2D eigenvalue weighted by molar-refractivity contribution is 5.92. The molecule has 0 bridgehead atoms. The maximum atomic E-state index is 13.1. The highest BCUT2D eigenvalue weighted by Crippen LogP contribution is 2.31. The minimum atomic E-state index is -0.109. The van der Waals surface area contributed by atoms with Gasteiger partial charge in [-0.3, -0.25) is 9.78 Å². The van der Waals surface area contributed by atoms with Crippen molar-refractivity contribution in [2.75, 3.05) is 6.54 Å². The first-order valence-corrected chi connectivity index (χ1v) is 10.5. The SMILES string of the molecule is O=C(c1cc(COc2cccc3cnccc23)on1)N(Cc1ccccc1)CC1CC1. The van der Waals surface area contributed by atoms with Crippen LogP contribution in [0.5, 0.6) is 5.75 Å². The van der Waals surface area contributed by atoms with Crippen LogP contribution < -0.4 is 4.74 Å². The zero-order valence-electron chi connectivity index (χ0n) is 17.1. The van der Waals surface area contributed by atoms with Gasteiger partial charge in [0.25, 0.3) is 5.91 Å². The van der Waals surface area contributed by atoms with Gasteiger partial charge in [0.1, 0.15) is 12.4 Å². The maximum absolute atomic E-state index is 13.1. The lowest BCUT2D eigenvalue weighted by Crippen LogP contribution is -2.32. The largest absolute Gasteiger partial charge is 0.485 e. The summed E-state index contributed by atoms with van der Waals surface area (Å²) in [6, 6.07) is 19.4. The summed E-state index contributed by atoms with van der Waals surface area (Å²) in [5, 5.41) is 6.01. The molecule has 2 heterocycles. The molecule has 0 radical (unpaired) electrons. The molecule has 0 atom stereocenters. The summed E-state index contributed by atoms with van der Waals surface area (Å²) >= 11 is 0. The molecule has 1 amide bonds. The lowest BCUT2D eigenvalue weighted by Gasteiger charge is -2.21. The molecule has 1 aliphatic carbocycles. The first kappa shape index (κ1) is 19.3. The molecule has 0 aliphatic heterocycles. The summed E-state index contributed by atoms with van der Waals surface area (Å²) in [6.45, 7) is 1.51. The van der Waals surface area contributed by atoms with Crippen LogP contribution in [-0.2, 0) is 13.2 Å². The fourth-order valence-electron chi connectivity index (χ4n) is 3.65. The van der Waals surface area contributed by atoms with Crippen LogP contribution in [0, 0.1) is 5.92 Å². The summed E-state index contributed by atoms with van der Waals surface area (Å²) in [5.74, 6) is 1.73. The molecule has 4 aromatic rings. The standard InChI is InChI=1S/C25H23N3O3/c29-25(28(16-19-9-10-19)15-18-5-2-1-3-6-18)23-13-21(31-27-23)17-30-24-8-4-7-20-14-26-12-11-22(20)24/h1-8,11-14,19H,9-10,15-17H2. The predicted molar refractivity (Wildman–Crippen MR) is 116 cm³/mol. The number of carbonyl (C=O) groups is 1.